The lowest BCUT2D eigenvalue weighted by atomic mass is 9.91. The van der Waals surface area contributed by atoms with Crippen LogP contribution in [-0.2, 0) is 6.42 Å². The van der Waals surface area contributed by atoms with Crippen LogP contribution in [0.25, 0.3) is 11.1 Å². The fraction of sp³-hybridized carbons (Fsp3) is 0.312. The van der Waals surface area contributed by atoms with Crippen molar-refractivity contribution in [1.29, 1.82) is 0 Å². The van der Waals surface area contributed by atoms with E-state index in [0.717, 1.165) is 12.0 Å². The van der Waals surface area contributed by atoms with Gasteiger partial charge in [0.1, 0.15) is 11.6 Å². The molecule has 0 aliphatic carbocycles. The van der Waals surface area contributed by atoms with Crippen LogP contribution in [0.2, 0.25) is 5.02 Å². The van der Waals surface area contributed by atoms with Crippen molar-refractivity contribution >= 4 is 11.6 Å². The van der Waals surface area contributed by atoms with Crippen molar-refractivity contribution in [2.45, 2.75) is 13.3 Å². The monoisotopic (exact) mass is 307 g/mol. The van der Waals surface area contributed by atoms with E-state index in [2.05, 4.69) is 11.9 Å². The molecule has 1 unspecified atom stereocenters. The van der Waals surface area contributed by atoms with Crippen LogP contribution in [0.3, 0.4) is 0 Å². The molecular weight excluding hydrogens is 293 g/mol. The van der Waals surface area contributed by atoms with E-state index in [1.807, 2.05) is 6.07 Å². The Balaban J connectivity index is 2.29. The Morgan fingerprint density at radius 3 is 3.00 bits per heavy atom. The molecule has 3 nitrogen and oxygen atoms in total. The number of pyridine rings is 1. The summed E-state index contributed by atoms with van der Waals surface area (Å²) in [7, 11) is 1.52. The van der Waals surface area contributed by atoms with Gasteiger partial charge in [-0.15, -0.1) is 0 Å². The van der Waals surface area contributed by atoms with Gasteiger partial charge in [-0.25, -0.2) is 9.37 Å². The van der Waals surface area contributed by atoms with Gasteiger partial charge in [-0.05, 0) is 24.0 Å². The zero-order valence-electron chi connectivity index (χ0n) is 11.8. The first-order valence-corrected chi connectivity index (χ1v) is 7.12. The second-order valence-corrected chi connectivity index (χ2v) is 5.65. The summed E-state index contributed by atoms with van der Waals surface area (Å²) in [6, 6.07) is 5.16. The van der Waals surface area contributed by atoms with Gasteiger partial charge < -0.3 is 9.47 Å². The molecule has 3 rings (SSSR count). The van der Waals surface area contributed by atoms with E-state index in [-0.39, 0.29) is 10.9 Å². The van der Waals surface area contributed by atoms with Crippen molar-refractivity contribution in [3.05, 3.63) is 40.8 Å². The molecule has 1 aliphatic heterocycles. The lowest BCUT2D eigenvalue weighted by Gasteiger charge is -2.23. The second kappa shape index (κ2) is 5.53. The molecule has 0 radical (unpaired) electrons. The highest BCUT2D eigenvalue weighted by atomic mass is 35.5. The number of halogens is 2. The SMILES string of the molecule is COc1cc2c(cn1)OCC(C)Cc1ccc(Cl)c(F)c1-2. The smallest absolute Gasteiger partial charge is 0.213 e. The molecule has 0 spiro atoms. The van der Waals surface area contributed by atoms with Gasteiger partial charge in [0, 0.05) is 17.2 Å². The van der Waals surface area contributed by atoms with Gasteiger partial charge in [-0.2, -0.15) is 0 Å². The van der Waals surface area contributed by atoms with Crippen LogP contribution in [0, 0.1) is 11.7 Å². The Bertz CT molecular complexity index is 690. The molecule has 110 valence electrons. The van der Waals surface area contributed by atoms with Crippen molar-refractivity contribution < 1.29 is 13.9 Å². The van der Waals surface area contributed by atoms with Crippen molar-refractivity contribution in [3.63, 3.8) is 0 Å². The molecule has 5 heteroatoms. The highest BCUT2D eigenvalue weighted by Crippen LogP contribution is 2.40. The summed E-state index contributed by atoms with van der Waals surface area (Å²) in [5.74, 6) is 0.807. The van der Waals surface area contributed by atoms with Crippen molar-refractivity contribution in [1.82, 2.24) is 4.98 Å². The Morgan fingerprint density at radius 1 is 1.43 bits per heavy atom. The molecule has 21 heavy (non-hydrogen) atoms. The largest absolute Gasteiger partial charge is 0.491 e. The van der Waals surface area contributed by atoms with Gasteiger partial charge in [0.25, 0.3) is 0 Å². The molecule has 1 aliphatic rings. The molecule has 0 amide bonds. The van der Waals surface area contributed by atoms with Crippen LogP contribution in [0.15, 0.2) is 24.4 Å². The maximum atomic E-state index is 14.6. The van der Waals surface area contributed by atoms with E-state index in [0.29, 0.717) is 29.4 Å². The lowest BCUT2D eigenvalue weighted by molar-refractivity contribution is 0.256. The van der Waals surface area contributed by atoms with E-state index in [1.54, 1.807) is 18.3 Å². The van der Waals surface area contributed by atoms with Gasteiger partial charge in [0.05, 0.1) is 24.9 Å². The van der Waals surface area contributed by atoms with Gasteiger partial charge in [-0.1, -0.05) is 24.6 Å². The van der Waals surface area contributed by atoms with Crippen molar-refractivity contribution in [2.24, 2.45) is 5.92 Å². The first kappa shape index (κ1) is 14.1. The third-order valence-electron chi connectivity index (χ3n) is 3.59. The fourth-order valence-electron chi connectivity index (χ4n) is 2.56. The third-order valence-corrected chi connectivity index (χ3v) is 3.89. The van der Waals surface area contributed by atoms with E-state index >= 15 is 0 Å². The molecule has 1 aromatic heterocycles. The Kier molecular flexibility index (Phi) is 3.72. The molecule has 0 fully saturated rings. The molecule has 1 aromatic carbocycles. The lowest BCUT2D eigenvalue weighted by Crippen LogP contribution is -2.15. The number of fused-ring (bicyclic) bond motifs is 3. The highest BCUT2D eigenvalue weighted by Gasteiger charge is 2.23. The maximum Gasteiger partial charge on any atom is 0.213 e. The number of methoxy groups -OCH3 is 1. The minimum absolute atomic E-state index is 0.101. The van der Waals surface area contributed by atoms with Crippen LogP contribution in [-0.4, -0.2) is 18.7 Å². The van der Waals surface area contributed by atoms with Gasteiger partial charge in [0.15, 0.2) is 0 Å². The standard InChI is InChI=1S/C16H15ClFNO2/c1-9-5-10-3-4-12(17)16(18)15(10)11-6-14(20-2)19-7-13(11)21-8-9/h3-4,6-7,9H,5,8H2,1-2H3. The van der Waals surface area contributed by atoms with Crippen LogP contribution in [0.5, 0.6) is 11.6 Å². The topological polar surface area (TPSA) is 31.4 Å². The zero-order valence-corrected chi connectivity index (χ0v) is 12.6. The summed E-state index contributed by atoms with van der Waals surface area (Å²) in [6.07, 6.45) is 2.30. The molecule has 2 aromatic rings. The number of rotatable bonds is 1. The number of aromatic nitrogens is 1. The zero-order chi connectivity index (χ0) is 15.0. The van der Waals surface area contributed by atoms with Crippen LogP contribution >= 0.6 is 11.6 Å². The van der Waals surface area contributed by atoms with Crippen LogP contribution in [0.4, 0.5) is 4.39 Å². The number of hydrogen-bond donors (Lipinski definition) is 0. The first-order chi connectivity index (χ1) is 10.1. The Hall–Kier alpha value is -1.81. The third kappa shape index (κ3) is 2.56. The molecule has 2 heterocycles. The maximum absolute atomic E-state index is 14.6. The summed E-state index contributed by atoms with van der Waals surface area (Å²) < 4.78 is 25.5. The fourth-order valence-corrected chi connectivity index (χ4v) is 2.72. The molecular formula is C16H15ClFNO2. The number of nitrogens with zero attached hydrogens (tertiary/aromatic N) is 1. The highest BCUT2D eigenvalue weighted by molar-refractivity contribution is 6.31. The molecule has 1 atom stereocenters. The summed E-state index contributed by atoms with van der Waals surface area (Å²) in [6.45, 7) is 2.63. The Labute approximate surface area is 127 Å². The van der Waals surface area contributed by atoms with Crippen LogP contribution < -0.4 is 9.47 Å². The Morgan fingerprint density at radius 2 is 2.24 bits per heavy atom. The average molecular weight is 308 g/mol. The van der Waals surface area contributed by atoms with E-state index in [1.165, 1.54) is 7.11 Å². The molecule has 0 saturated heterocycles. The van der Waals surface area contributed by atoms with Crippen molar-refractivity contribution in [2.75, 3.05) is 13.7 Å². The minimum atomic E-state index is -0.429. The molecule has 0 bridgehead atoms. The predicted molar refractivity (Wildman–Crippen MR) is 79.6 cm³/mol. The molecule has 0 saturated carbocycles. The quantitative estimate of drug-likeness (QED) is 0.794. The van der Waals surface area contributed by atoms with Crippen LogP contribution in [0.1, 0.15) is 12.5 Å². The summed E-state index contributed by atoms with van der Waals surface area (Å²) in [5, 5.41) is 0.101. The minimum Gasteiger partial charge on any atom is -0.491 e. The summed E-state index contributed by atoms with van der Waals surface area (Å²) in [4.78, 5) is 4.13. The normalized spacial score (nSPS) is 17.0. The van der Waals surface area contributed by atoms with E-state index < -0.39 is 5.82 Å². The van der Waals surface area contributed by atoms with E-state index in [9.17, 15) is 4.39 Å². The number of benzene rings is 1. The number of hydrogen-bond acceptors (Lipinski definition) is 3. The predicted octanol–water partition coefficient (Wildman–Crippen LogP) is 4.12. The van der Waals surface area contributed by atoms with Gasteiger partial charge in [0.2, 0.25) is 5.88 Å². The average Bonchev–Trinajstić information content (AvgIpc) is 2.47. The first-order valence-electron chi connectivity index (χ1n) is 6.74. The summed E-state index contributed by atoms with van der Waals surface area (Å²) >= 11 is 5.95. The number of ether oxygens (including phenoxy) is 2. The van der Waals surface area contributed by atoms with E-state index in [4.69, 9.17) is 21.1 Å². The second-order valence-electron chi connectivity index (χ2n) is 5.24. The van der Waals surface area contributed by atoms with Gasteiger partial charge >= 0.3 is 0 Å². The summed E-state index contributed by atoms with van der Waals surface area (Å²) in [5.41, 5.74) is 2.02. The molecule has 0 N–H and O–H groups in total. The van der Waals surface area contributed by atoms with Crippen molar-refractivity contribution in [3.8, 4) is 22.8 Å². The van der Waals surface area contributed by atoms with Gasteiger partial charge in [-0.3, -0.25) is 0 Å².